The van der Waals surface area contributed by atoms with Crippen molar-refractivity contribution in [2.75, 3.05) is 130 Å². The second-order valence-corrected chi connectivity index (χ2v) is 17.7. The highest BCUT2D eigenvalue weighted by Crippen LogP contribution is 2.40. The molecule has 4 fully saturated rings. The van der Waals surface area contributed by atoms with E-state index >= 15 is 4.39 Å². The first-order valence-electron chi connectivity index (χ1n) is 23.3. The molecule has 4 aliphatic rings. The fraction of sp³-hybridized carbons (Fsp3) is 0.353. The number of fused-ring (bicyclic) bond motifs is 2. The van der Waals surface area contributed by atoms with Crippen LogP contribution in [-0.4, -0.2) is 130 Å². The lowest BCUT2D eigenvalue weighted by Gasteiger charge is -2.32. The molecule has 0 spiro atoms. The van der Waals surface area contributed by atoms with Gasteiger partial charge in [-0.15, -0.1) is 0 Å². The van der Waals surface area contributed by atoms with Crippen LogP contribution in [0.1, 0.15) is 11.1 Å². The van der Waals surface area contributed by atoms with Gasteiger partial charge in [-0.2, -0.15) is 0 Å². The quantitative estimate of drug-likeness (QED) is 0.146. The van der Waals surface area contributed by atoms with Crippen molar-refractivity contribution < 1.29 is 36.5 Å². The van der Waals surface area contributed by atoms with Crippen LogP contribution in [0.4, 0.5) is 52.1 Å². The standard InChI is InChI=1S/C32H35F2N7O3.C19H16ClF2N3O/c1-21-30(22-2-3-28(35-19-22)40-6-12-43-13-7-40)37-26-17-23(33)16-25(34)29(26)31(21)38-27-18-24(39-4-10-42-11-5-39)20-36-32(27)41-8-14-44-15-9-41;1-11-18(20)17-14(22)8-13(21)9-15(17)24-19(11)12-2-3-16(23-10-12)25-4-6-26-7-5-25/h2-3,16-20H,4-15H2,1H3,(H,37,38);2-3,8-10H,4-7H2,1H3. The van der Waals surface area contributed by atoms with Gasteiger partial charge < -0.3 is 43.9 Å². The predicted molar refractivity (Wildman–Crippen MR) is 264 cm³/mol. The molecule has 364 valence electrons. The van der Waals surface area contributed by atoms with E-state index in [1.807, 2.05) is 37.4 Å². The number of ether oxygens (including phenoxy) is 4. The van der Waals surface area contributed by atoms with Crippen LogP contribution in [0.5, 0.6) is 0 Å². The Bertz CT molecular complexity index is 3010. The number of hydrogen-bond donors (Lipinski definition) is 1. The molecule has 9 heterocycles. The maximum atomic E-state index is 15.6. The van der Waals surface area contributed by atoms with Gasteiger partial charge in [-0.1, -0.05) is 11.6 Å². The van der Waals surface area contributed by atoms with Gasteiger partial charge in [0.2, 0.25) is 0 Å². The van der Waals surface area contributed by atoms with E-state index in [1.54, 1.807) is 19.3 Å². The van der Waals surface area contributed by atoms with E-state index in [1.165, 1.54) is 12.1 Å². The van der Waals surface area contributed by atoms with Gasteiger partial charge in [0.05, 0.1) is 114 Å². The van der Waals surface area contributed by atoms with Gasteiger partial charge in [0.15, 0.2) is 5.82 Å². The molecule has 5 aromatic heterocycles. The third kappa shape index (κ3) is 9.96. The van der Waals surface area contributed by atoms with Crippen molar-refractivity contribution in [3.63, 3.8) is 0 Å². The summed E-state index contributed by atoms with van der Waals surface area (Å²) in [5.41, 5.74) is 6.58. The molecule has 0 atom stereocenters. The average molecular weight is 979 g/mol. The van der Waals surface area contributed by atoms with Crippen LogP contribution in [0.15, 0.2) is 73.2 Å². The number of halogens is 5. The third-order valence-electron chi connectivity index (χ3n) is 12.9. The topological polar surface area (TPSA) is 126 Å². The fourth-order valence-electron chi connectivity index (χ4n) is 9.19. The van der Waals surface area contributed by atoms with Gasteiger partial charge in [-0.3, -0.25) is 0 Å². The van der Waals surface area contributed by atoms with Gasteiger partial charge in [-0.25, -0.2) is 42.5 Å². The Hall–Kier alpha value is -6.44. The second kappa shape index (κ2) is 20.9. The SMILES string of the molecule is Cc1c(-c2ccc(N3CCOCC3)nc2)nc2cc(F)cc(F)c2c1Cl.Cc1c(-c2ccc(N3CCOCC3)nc2)nc2cc(F)cc(F)c2c1Nc1cc(N2CCOCC2)cnc1N1CCOCC1. The summed E-state index contributed by atoms with van der Waals surface area (Å²) in [4.78, 5) is 32.0. The fourth-order valence-corrected chi connectivity index (χ4v) is 9.47. The smallest absolute Gasteiger partial charge is 0.152 e. The summed E-state index contributed by atoms with van der Waals surface area (Å²) in [6, 6.07) is 13.9. The lowest BCUT2D eigenvalue weighted by atomic mass is 10.0. The molecule has 11 rings (SSSR count). The summed E-state index contributed by atoms with van der Waals surface area (Å²) in [6.45, 7) is 14.8. The van der Waals surface area contributed by atoms with E-state index < -0.39 is 23.3 Å². The van der Waals surface area contributed by atoms with E-state index in [0.29, 0.717) is 94.1 Å². The monoisotopic (exact) mass is 978 g/mol. The van der Waals surface area contributed by atoms with Crippen LogP contribution in [0, 0.1) is 37.1 Å². The number of nitrogens with zero attached hydrogens (tertiary/aromatic N) is 9. The van der Waals surface area contributed by atoms with Gasteiger partial charge in [-0.05, 0) is 55.3 Å². The third-order valence-corrected chi connectivity index (χ3v) is 13.4. The molecule has 70 heavy (non-hydrogen) atoms. The predicted octanol–water partition coefficient (Wildman–Crippen LogP) is 8.91. The summed E-state index contributed by atoms with van der Waals surface area (Å²) in [5, 5.41) is 4.13. The lowest BCUT2D eigenvalue weighted by Crippen LogP contribution is -2.38. The number of anilines is 6. The summed E-state index contributed by atoms with van der Waals surface area (Å²) in [7, 11) is 0. The van der Waals surface area contributed by atoms with Crippen LogP contribution < -0.4 is 24.9 Å². The molecule has 0 saturated carbocycles. The Balaban J connectivity index is 0.000000185. The largest absolute Gasteiger partial charge is 0.378 e. The summed E-state index contributed by atoms with van der Waals surface area (Å²) < 4.78 is 79.8. The lowest BCUT2D eigenvalue weighted by molar-refractivity contribution is 0.122. The first-order valence-corrected chi connectivity index (χ1v) is 23.7. The van der Waals surface area contributed by atoms with Crippen molar-refractivity contribution in [3.05, 3.63) is 113 Å². The van der Waals surface area contributed by atoms with Crippen LogP contribution in [-0.2, 0) is 18.9 Å². The van der Waals surface area contributed by atoms with E-state index in [-0.39, 0.29) is 26.8 Å². The van der Waals surface area contributed by atoms with Crippen LogP contribution in [0.25, 0.3) is 44.3 Å². The number of hydrogen-bond acceptors (Lipinski definition) is 14. The second-order valence-electron chi connectivity index (χ2n) is 17.3. The van der Waals surface area contributed by atoms with Crippen LogP contribution in [0.2, 0.25) is 5.02 Å². The Kier molecular flexibility index (Phi) is 14.1. The molecular weight excluding hydrogens is 928 g/mol. The van der Waals surface area contributed by atoms with E-state index in [2.05, 4.69) is 41.0 Å². The Morgan fingerprint density at radius 1 is 0.514 bits per heavy atom. The molecule has 4 aliphatic heterocycles. The summed E-state index contributed by atoms with van der Waals surface area (Å²) in [6.07, 6.45) is 5.35. The average Bonchev–Trinajstić information content (AvgIpc) is 3.39. The molecular formula is C51H51ClF4N10O4. The van der Waals surface area contributed by atoms with Crippen LogP contribution in [0.3, 0.4) is 0 Å². The minimum atomic E-state index is -0.715. The zero-order valence-electron chi connectivity index (χ0n) is 38.8. The minimum Gasteiger partial charge on any atom is -0.378 e. The maximum absolute atomic E-state index is 15.6. The van der Waals surface area contributed by atoms with Crippen molar-refractivity contribution >= 4 is 67.9 Å². The minimum absolute atomic E-state index is 0.132. The van der Waals surface area contributed by atoms with E-state index in [4.69, 9.17) is 45.5 Å². The van der Waals surface area contributed by atoms with Gasteiger partial charge in [0, 0.05) is 100 Å². The molecule has 1 N–H and O–H groups in total. The zero-order chi connectivity index (χ0) is 48.3. The molecule has 14 nitrogen and oxygen atoms in total. The highest BCUT2D eigenvalue weighted by molar-refractivity contribution is 6.36. The Morgan fingerprint density at radius 2 is 0.971 bits per heavy atom. The molecule has 0 radical (unpaired) electrons. The number of pyridine rings is 5. The van der Waals surface area contributed by atoms with Crippen LogP contribution >= 0.6 is 11.6 Å². The molecule has 7 aromatic rings. The van der Waals surface area contributed by atoms with E-state index in [0.717, 1.165) is 91.4 Å². The maximum Gasteiger partial charge on any atom is 0.152 e. The highest BCUT2D eigenvalue weighted by Gasteiger charge is 2.25. The van der Waals surface area contributed by atoms with Crippen molar-refractivity contribution in [2.24, 2.45) is 0 Å². The normalized spacial score (nSPS) is 16.7. The van der Waals surface area contributed by atoms with Gasteiger partial charge in [0.1, 0.15) is 34.9 Å². The molecule has 0 unspecified atom stereocenters. The molecule has 0 amide bonds. The van der Waals surface area contributed by atoms with Crippen molar-refractivity contribution in [2.45, 2.75) is 13.8 Å². The molecule has 4 saturated heterocycles. The summed E-state index contributed by atoms with van der Waals surface area (Å²) in [5.74, 6) is -0.312. The van der Waals surface area contributed by atoms with Crippen molar-refractivity contribution in [3.8, 4) is 22.5 Å². The Morgan fingerprint density at radius 3 is 1.47 bits per heavy atom. The number of nitrogens with one attached hydrogen (secondary N) is 1. The Labute approximate surface area is 407 Å². The van der Waals surface area contributed by atoms with Gasteiger partial charge in [0.25, 0.3) is 0 Å². The van der Waals surface area contributed by atoms with Crippen molar-refractivity contribution in [1.29, 1.82) is 0 Å². The highest BCUT2D eigenvalue weighted by atomic mass is 35.5. The first-order chi connectivity index (χ1) is 34.1. The van der Waals surface area contributed by atoms with Crippen molar-refractivity contribution in [1.82, 2.24) is 24.9 Å². The van der Waals surface area contributed by atoms with Gasteiger partial charge >= 0.3 is 0 Å². The number of aromatic nitrogens is 5. The molecule has 2 aromatic carbocycles. The number of rotatable bonds is 8. The number of morpholine rings is 4. The molecule has 19 heteroatoms. The molecule has 0 bridgehead atoms. The summed E-state index contributed by atoms with van der Waals surface area (Å²) >= 11 is 6.35. The zero-order valence-corrected chi connectivity index (χ0v) is 39.5. The number of benzene rings is 2. The van der Waals surface area contributed by atoms with E-state index in [9.17, 15) is 13.2 Å². The molecule has 0 aliphatic carbocycles. The first kappa shape index (κ1) is 47.2.